The van der Waals surface area contributed by atoms with Crippen LogP contribution in [-0.2, 0) is 26.3 Å². The third-order valence-electron chi connectivity index (χ3n) is 5.29. The van der Waals surface area contributed by atoms with E-state index in [2.05, 4.69) is 5.32 Å². The molecule has 1 atom stereocenters. The van der Waals surface area contributed by atoms with E-state index in [4.69, 9.17) is 4.74 Å². The normalized spacial score (nSPS) is 12.7. The summed E-state index contributed by atoms with van der Waals surface area (Å²) < 4.78 is 47.7. The zero-order valence-corrected chi connectivity index (χ0v) is 22.6. The van der Waals surface area contributed by atoms with Gasteiger partial charge in [-0.15, -0.1) is 0 Å². The van der Waals surface area contributed by atoms with E-state index in [9.17, 15) is 22.4 Å². The fraction of sp³-hybridized carbons (Fsp3) is 0.440. The molecule has 0 radical (unpaired) electrons. The maximum atomic E-state index is 14.7. The number of anilines is 1. The summed E-state index contributed by atoms with van der Waals surface area (Å²) in [6, 6.07) is 11.3. The van der Waals surface area contributed by atoms with Crippen LogP contribution >= 0.6 is 0 Å². The Hall–Kier alpha value is -3.18. The van der Waals surface area contributed by atoms with E-state index in [-0.39, 0.29) is 12.2 Å². The number of halogens is 1. The summed E-state index contributed by atoms with van der Waals surface area (Å²) in [4.78, 5) is 27.9. The fourth-order valence-electron chi connectivity index (χ4n) is 3.38. The minimum absolute atomic E-state index is 0.00187. The first kappa shape index (κ1) is 29.1. The van der Waals surface area contributed by atoms with Crippen molar-refractivity contribution in [2.24, 2.45) is 0 Å². The van der Waals surface area contributed by atoms with Gasteiger partial charge in [-0.05, 0) is 57.5 Å². The number of nitrogens with one attached hydrogen (secondary N) is 1. The monoisotopic (exact) mass is 522 g/mol. The van der Waals surface area contributed by atoms with Crippen molar-refractivity contribution >= 4 is 27.7 Å². The van der Waals surface area contributed by atoms with Crippen molar-refractivity contribution in [2.75, 3.05) is 32.1 Å². The number of rotatable bonds is 10. The maximum Gasteiger partial charge on any atom is 0.304 e. The van der Waals surface area contributed by atoms with Crippen LogP contribution in [0.1, 0.15) is 33.3 Å². The molecule has 0 bridgehead atoms. The number of carbonyl (C=O) groups excluding carboxylic acids is 2. The van der Waals surface area contributed by atoms with Gasteiger partial charge in [0.25, 0.3) is 0 Å². The summed E-state index contributed by atoms with van der Waals surface area (Å²) in [5.41, 5.74) is -0.151. The third-order valence-corrected chi connectivity index (χ3v) is 7.10. The molecule has 0 saturated heterocycles. The quantitative estimate of drug-likeness (QED) is 0.517. The molecule has 0 fully saturated rings. The third kappa shape index (κ3) is 7.41. The summed E-state index contributed by atoms with van der Waals surface area (Å²) in [7, 11) is -0.144. The highest BCUT2D eigenvalue weighted by atomic mass is 32.2. The van der Waals surface area contributed by atoms with Gasteiger partial charge in [0.15, 0.2) is 0 Å². The van der Waals surface area contributed by atoms with Gasteiger partial charge in [0.2, 0.25) is 11.8 Å². The smallest absolute Gasteiger partial charge is 0.304 e. The van der Waals surface area contributed by atoms with Crippen molar-refractivity contribution in [1.82, 2.24) is 14.5 Å². The SMILES string of the molecule is COc1cccc(CN(C(=O)CN(c2ccccc2F)S(=O)(=O)N(C)C)C(C)C(=O)NC(C)(C)C)c1. The predicted molar refractivity (Wildman–Crippen MR) is 137 cm³/mol. The van der Waals surface area contributed by atoms with Crippen molar-refractivity contribution in [3.8, 4) is 5.75 Å². The number of ether oxygens (including phenoxy) is 1. The summed E-state index contributed by atoms with van der Waals surface area (Å²) in [5.74, 6) is -1.32. The van der Waals surface area contributed by atoms with Crippen LogP contribution in [0.25, 0.3) is 0 Å². The Kier molecular flexibility index (Phi) is 9.44. The molecular weight excluding hydrogens is 487 g/mol. The summed E-state index contributed by atoms with van der Waals surface area (Å²) in [5, 5.41) is 2.85. The molecule has 36 heavy (non-hydrogen) atoms. The standard InChI is InChI=1S/C25H35FN4O5S/c1-18(24(32)27-25(2,3)4)29(16-19-11-10-12-20(15-19)35-7)23(31)17-30(36(33,34)28(5)6)22-14-9-8-13-21(22)26/h8-15,18H,16-17H2,1-7H3,(H,27,32). The molecule has 0 aromatic heterocycles. The van der Waals surface area contributed by atoms with Crippen molar-refractivity contribution in [1.29, 1.82) is 0 Å². The van der Waals surface area contributed by atoms with Gasteiger partial charge in [0.05, 0.1) is 12.8 Å². The predicted octanol–water partition coefficient (Wildman–Crippen LogP) is 2.78. The van der Waals surface area contributed by atoms with Gasteiger partial charge >= 0.3 is 10.2 Å². The molecule has 1 unspecified atom stereocenters. The van der Waals surface area contributed by atoms with Gasteiger partial charge in [0, 0.05) is 26.2 Å². The first-order valence-corrected chi connectivity index (χ1v) is 12.8. The van der Waals surface area contributed by atoms with Crippen LogP contribution in [0, 0.1) is 5.82 Å². The molecule has 0 saturated carbocycles. The van der Waals surface area contributed by atoms with Gasteiger partial charge in [-0.25, -0.2) is 8.70 Å². The van der Waals surface area contributed by atoms with Gasteiger partial charge in [0.1, 0.15) is 24.2 Å². The van der Waals surface area contributed by atoms with Crippen molar-refractivity contribution in [2.45, 2.75) is 45.8 Å². The molecule has 0 aliphatic rings. The maximum absolute atomic E-state index is 14.7. The number of hydrogen-bond acceptors (Lipinski definition) is 5. The first-order valence-electron chi connectivity index (χ1n) is 11.4. The van der Waals surface area contributed by atoms with Crippen molar-refractivity contribution in [3.63, 3.8) is 0 Å². The first-order chi connectivity index (χ1) is 16.7. The number of amides is 2. The van der Waals surface area contributed by atoms with Gasteiger partial charge in [-0.2, -0.15) is 12.7 Å². The Bertz CT molecular complexity index is 1180. The highest BCUT2D eigenvalue weighted by molar-refractivity contribution is 7.90. The summed E-state index contributed by atoms with van der Waals surface area (Å²) >= 11 is 0. The van der Waals surface area contributed by atoms with E-state index in [1.54, 1.807) is 31.2 Å². The number of para-hydroxylation sites is 1. The molecular formula is C25H35FN4O5S. The molecule has 9 nitrogen and oxygen atoms in total. The highest BCUT2D eigenvalue weighted by Gasteiger charge is 2.34. The zero-order valence-electron chi connectivity index (χ0n) is 21.8. The lowest BCUT2D eigenvalue weighted by atomic mass is 10.1. The lowest BCUT2D eigenvalue weighted by Crippen LogP contribution is -2.55. The van der Waals surface area contributed by atoms with Crippen molar-refractivity contribution in [3.05, 3.63) is 59.9 Å². The second-order valence-corrected chi connectivity index (χ2v) is 11.6. The summed E-state index contributed by atoms with van der Waals surface area (Å²) in [6.07, 6.45) is 0. The van der Waals surface area contributed by atoms with Gasteiger partial charge in [-0.3, -0.25) is 9.59 Å². The molecule has 0 spiro atoms. The number of nitrogens with zero attached hydrogens (tertiary/aromatic N) is 3. The van der Waals surface area contributed by atoms with Gasteiger partial charge < -0.3 is 15.0 Å². The molecule has 0 aliphatic carbocycles. The molecule has 2 amide bonds. The molecule has 2 rings (SSSR count). The molecule has 11 heteroatoms. The van der Waals surface area contributed by atoms with Crippen LogP contribution in [0.4, 0.5) is 10.1 Å². The Morgan fingerprint density at radius 2 is 1.72 bits per heavy atom. The highest BCUT2D eigenvalue weighted by Crippen LogP contribution is 2.24. The minimum Gasteiger partial charge on any atom is -0.497 e. The van der Waals surface area contributed by atoms with Crippen molar-refractivity contribution < 1.29 is 27.1 Å². The zero-order chi connectivity index (χ0) is 27.3. The topological polar surface area (TPSA) is 99.3 Å². The largest absolute Gasteiger partial charge is 0.497 e. The Morgan fingerprint density at radius 3 is 2.28 bits per heavy atom. The Balaban J connectivity index is 2.50. The van der Waals surface area contributed by atoms with E-state index < -0.39 is 46.0 Å². The number of carbonyl (C=O) groups is 2. The van der Waals surface area contributed by atoms with E-state index in [1.165, 1.54) is 44.3 Å². The van der Waals surface area contributed by atoms with Crippen LogP contribution in [-0.4, -0.2) is 68.8 Å². The van der Waals surface area contributed by atoms with Crippen LogP contribution < -0.4 is 14.4 Å². The molecule has 1 N–H and O–H groups in total. The van der Waals surface area contributed by atoms with E-state index in [1.807, 2.05) is 20.8 Å². The molecule has 2 aromatic carbocycles. The molecule has 2 aromatic rings. The summed E-state index contributed by atoms with van der Waals surface area (Å²) in [6.45, 7) is 6.30. The van der Waals surface area contributed by atoms with E-state index in [0.717, 1.165) is 10.4 Å². The minimum atomic E-state index is -4.24. The Labute approximate surface area is 213 Å². The average Bonchev–Trinajstić information content (AvgIpc) is 2.79. The fourth-order valence-corrected chi connectivity index (χ4v) is 4.44. The number of hydrogen-bond donors (Lipinski definition) is 1. The molecule has 198 valence electrons. The second-order valence-electron chi connectivity index (χ2n) is 9.54. The molecule has 0 heterocycles. The van der Waals surface area contributed by atoms with E-state index in [0.29, 0.717) is 15.6 Å². The molecule has 0 aliphatic heterocycles. The lowest BCUT2D eigenvalue weighted by Gasteiger charge is -2.34. The van der Waals surface area contributed by atoms with Crippen LogP contribution in [0.5, 0.6) is 5.75 Å². The number of benzene rings is 2. The average molecular weight is 523 g/mol. The van der Waals surface area contributed by atoms with E-state index >= 15 is 0 Å². The van der Waals surface area contributed by atoms with Crippen LogP contribution in [0.15, 0.2) is 48.5 Å². The van der Waals surface area contributed by atoms with Crippen LogP contribution in [0.2, 0.25) is 0 Å². The second kappa shape index (κ2) is 11.7. The van der Waals surface area contributed by atoms with Gasteiger partial charge in [-0.1, -0.05) is 24.3 Å². The Morgan fingerprint density at radius 1 is 1.08 bits per heavy atom. The number of methoxy groups -OCH3 is 1. The lowest BCUT2D eigenvalue weighted by molar-refractivity contribution is -0.140. The van der Waals surface area contributed by atoms with Crippen LogP contribution in [0.3, 0.4) is 0 Å².